The Balaban J connectivity index is 1.67. The van der Waals surface area contributed by atoms with Crippen molar-refractivity contribution in [3.05, 3.63) is 114 Å². The van der Waals surface area contributed by atoms with Crippen LogP contribution in [0.15, 0.2) is 108 Å². The van der Waals surface area contributed by atoms with Gasteiger partial charge in [0.05, 0.1) is 12.1 Å². The van der Waals surface area contributed by atoms with E-state index < -0.39 is 0 Å². The van der Waals surface area contributed by atoms with E-state index in [0.29, 0.717) is 11.9 Å². The molecule has 0 radical (unpaired) electrons. The zero-order chi connectivity index (χ0) is 21.2. The van der Waals surface area contributed by atoms with Crippen LogP contribution in [0.1, 0.15) is 5.56 Å². The van der Waals surface area contributed by atoms with Gasteiger partial charge in [0, 0.05) is 5.39 Å². The van der Waals surface area contributed by atoms with Crippen LogP contribution in [-0.4, -0.2) is 9.67 Å². The summed E-state index contributed by atoms with van der Waals surface area (Å²) in [5.41, 5.74) is 6.17. The van der Waals surface area contributed by atoms with Gasteiger partial charge in [-0.1, -0.05) is 91.0 Å². The summed E-state index contributed by atoms with van der Waals surface area (Å²) in [5, 5.41) is 14.6. The van der Waals surface area contributed by atoms with Crippen molar-refractivity contribution in [2.75, 3.05) is 0 Å². The molecular weight excluding hydrogens is 384 g/mol. The molecule has 0 fully saturated rings. The molecule has 0 unspecified atom stereocenters. The summed E-state index contributed by atoms with van der Waals surface area (Å²) in [6.07, 6.45) is 0. The van der Waals surface area contributed by atoms with E-state index in [1.807, 2.05) is 84.9 Å². The van der Waals surface area contributed by atoms with Crippen LogP contribution in [0.2, 0.25) is 0 Å². The number of rotatable bonds is 5. The normalized spacial score (nSPS) is 11.0. The molecule has 0 aliphatic rings. The molecule has 0 bridgehead atoms. The Bertz CT molecular complexity index is 1370. The van der Waals surface area contributed by atoms with Crippen molar-refractivity contribution in [3.63, 3.8) is 0 Å². The first-order valence-corrected chi connectivity index (χ1v) is 10.1. The van der Waals surface area contributed by atoms with Crippen LogP contribution in [0, 0.1) is 4.91 Å². The molecule has 4 nitrogen and oxygen atoms in total. The van der Waals surface area contributed by atoms with Crippen LogP contribution in [0.4, 0.5) is 5.69 Å². The van der Waals surface area contributed by atoms with Gasteiger partial charge in [0.2, 0.25) is 5.88 Å². The second kappa shape index (κ2) is 7.92. The minimum absolute atomic E-state index is 0.0757. The number of fused-ring (bicyclic) bond motifs is 1. The molecule has 0 amide bonds. The lowest BCUT2D eigenvalue weighted by Gasteiger charge is -2.13. The Hall–Kier alpha value is -4.18. The zero-order valence-electron chi connectivity index (χ0n) is 16.8. The van der Waals surface area contributed by atoms with E-state index in [1.54, 1.807) is 4.57 Å². The number of hydrogen-bond donors (Lipinski definition) is 1. The highest BCUT2D eigenvalue weighted by molar-refractivity contribution is 5.97. The van der Waals surface area contributed by atoms with Gasteiger partial charge in [0.15, 0.2) is 5.69 Å². The second-order valence-corrected chi connectivity index (χ2v) is 7.47. The third-order valence-corrected chi connectivity index (χ3v) is 5.64. The summed E-state index contributed by atoms with van der Waals surface area (Å²) in [4.78, 5) is 11.5. The third-order valence-electron chi connectivity index (χ3n) is 5.64. The van der Waals surface area contributed by atoms with Crippen LogP contribution >= 0.6 is 0 Å². The number of hydrogen-bond acceptors (Lipinski definition) is 3. The molecular formula is C27H20N2O2. The van der Waals surface area contributed by atoms with Crippen molar-refractivity contribution in [3.8, 4) is 28.1 Å². The van der Waals surface area contributed by atoms with E-state index in [2.05, 4.69) is 23.4 Å². The van der Waals surface area contributed by atoms with Gasteiger partial charge in [0.25, 0.3) is 0 Å². The Morgan fingerprint density at radius 1 is 0.710 bits per heavy atom. The maximum atomic E-state index is 11.5. The van der Waals surface area contributed by atoms with E-state index in [9.17, 15) is 10.0 Å². The quantitative estimate of drug-likeness (QED) is 0.317. The van der Waals surface area contributed by atoms with Crippen molar-refractivity contribution in [1.29, 1.82) is 0 Å². The predicted octanol–water partition coefficient (Wildman–Crippen LogP) is 7.13. The van der Waals surface area contributed by atoms with Crippen molar-refractivity contribution in [1.82, 2.24) is 4.57 Å². The highest BCUT2D eigenvalue weighted by Gasteiger charge is 2.19. The lowest BCUT2D eigenvalue weighted by molar-refractivity contribution is 0.430. The molecule has 0 spiro atoms. The first-order valence-electron chi connectivity index (χ1n) is 10.1. The van der Waals surface area contributed by atoms with Crippen LogP contribution in [0.5, 0.6) is 5.88 Å². The van der Waals surface area contributed by atoms with Gasteiger partial charge in [0.1, 0.15) is 0 Å². The van der Waals surface area contributed by atoms with Crippen LogP contribution in [-0.2, 0) is 6.54 Å². The molecule has 0 aliphatic carbocycles. The maximum absolute atomic E-state index is 11.5. The van der Waals surface area contributed by atoms with Gasteiger partial charge in [-0.15, -0.1) is 4.91 Å². The molecule has 4 heteroatoms. The molecule has 0 aliphatic heterocycles. The first-order chi connectivity index (χ1) is 15.3. The Kier molecular flexibility index (Phi) is 4.81. The molecule has 0 saturated heterocycles. The summed E-state index contributed by atoms with van der Waals surface area (Å²) in [6, 6.07) is 34.1. The molecule has 31 heavy (non-hydrogen) atoms. The fourth-order valence-corrected chi connectivity index (χ4v) is 4.11. The SMILES string of the molecule is O=Nc1c(O)n(Cc2ccccc2-c2ccccc2)c2cc(-c3ccccc3)ccc12. The number of nitrogens with zero attached hydrogens (tertiary/aromatic N) is 2. The summed E-state index contributed by atoms with van der Waals surface area (Å²) in [7, 11) is 0. The van der Waals surface area contributed by atoms with Gasteiger partial charge < -0.3 is 9.67 Å². The molecule has 4 aromatic carbocycles. The number of aromatic hydroxyl groups is 1. The highest BCUT2D eigenvalue weighted by atomic mass is 16.3. The monoisotopic (exact) mass is 404 g/mol. The molecule has 150 valence electrons. The van der Waals surface area contributed by atoms with Crippen LogP contribution in [0.25, 0.3) is 33.2 Å². The van der Waals surface area contributed by atoms with E-state index in [0.717, 1.165) is 33.3 Å². The van der Waals surface area contributed by atoms with Gasteiger partial charge in [-0.2, -0.15) is 0 Å². The zero-order valence-corrected chi connectivity index (χ0v) is 16.8. The van der Waals surface area contributed by atoms with E-state index in [4.69, 9.17) is 0 Å². The molecule has 0 saturated carbocycles. The topological polar surface area (TPSA) is 54.6 Å². The summed E-state index contributed by atoms with van der Waals surface area (Å²) in [6.45, 7) is 0.418. The number of aromatic nitrogens is 1. The summed E-state index contributed by atoms with van der Waals surface area (Å²) in [5.74, 6) is -0.113. The lowest BCUT2D eigenvalue weighted by Crippen LogP contribution is -2.01. The standard InChI is InChI=1S/C27H20N2O2/c30-27-26(28-31)24-16-15-21(19-9-3-1-4-10-19)17-25(24)29(27)18-22-13-7-8-14-23(22)20-11-5-2-6-12-20/h1-17,30H,18H2. The van der Waals surface area contributed by atoms with Crippen molar-refractivity contribution < 1.29 is 5.11 Å². The molecule has 5 rings (SSSR count). The molecule has 0 atom stereocenters. The molecule has 1 heterocycles. The van der Waals surface area contributed by atoms with E-state index >= 15 is 0 Å². The average Bonchev–Trinajstić information content (AvgIpc) is 3.10. The van der Waals surface area contributed by atoms with Crippen molar-refractivity contribution in [2.45, 2.75) is 6.54 Å². The fraction of sp³-hybridized carbons (Fsp3) is 0.0370. The second-order valence-electron chi connectivity index (χ2n) is 7.47. The van der Waals surface area contributed by atoms with Gasteiger partial charge >= 0.3 is 0 Å². The third kappa shape index (κ3) is 3.38. The number of benzene rings is 4. The molecule has 5 aromatic rings. The molecule has 1 N–H and O–H groups in total. The van der Waals surface area contributed by atoms with Gasteiger partial charge in [-0.25, -0.2) is 0 Å². The fourth-order valence-electron chi connectivity index (χ4n) is 4.11. The van der Waals surface area contributed by atoms with Gasteiger partial charge in [-0.05, 0) is 45.1 Å². The smallest absolute Gasteiger partial charge is 0.222 e. The molecule has 1 aromatic heterocycles. The van der Waals surface area contributed by atoms with Crippen LogP contribution in [0.3, 0.4) is 0 Å². The average molecular weight is 404 g/mol. The number of nitroso groups, excluding NO2 is 1. The Morgan fingerprint density at radius 2 is 1.35 bits per heavy atom. The summed E-state index contributed by atoms with van der Waals surface area (Å²) < 4.78 is 1.76. The van der Waals surface area contributed by atoms with E-state index in [-0.39, 0.29) is 11.6 Å². The van der Waals surface area contributed by atoms with E-state index in [1.165, 1.54) is 0 Å². The largest absolute Gasteiger partial charge is 0.493 e. The van der Waals surface area contributed by atoms with Gasteiger partial charge in [-0.3, -0.25) is 0 Å². The highest BCUT2D eigenvalue weighted by Crippen LogP contribution is 2.41. The Morgan fingerprint density at radius 3 is 2.06 bits per heavy atom. The first kappa shape index (κ1) is 18.8. The Labute approximate surface area is 180 Å². The lowest BCUT2D eigenvalue weighted by atomic mass is 9.99. The van der Waals surface area contributed by atoms with Crippen molar-refractivity contribution >= 4 is 16.6 Å². The minimum atomic E-state index is -0.113. The maximum Gasteiger partial charge on any atom is 0.222 e. The van der Waals surface area contributed by atoms with Crippen LogP contribution < -0.4 is 0 Å². The minimum Gasteiger partial charge on any atom is -0.493 e. The summed E-state index contributed by atoms with van der Waals surface area (Å²) >= 11 is 0. The predicted molar refractivity (Wildman–Crippen MR) is 125 cm³/mol. The van der Waals surface area contributed by atoms with Crippen molar-refractivity contribution in [2.24, 2.45) is 5.18 Å².